The molecule has 0 aromatic heterocycles. The van der Waals surface area contributed by atoms with Crippen LogP contribution in [-0.4, -0.2) is 0 Å². The molecule has 0 atom stereocenters. The number of anilines is 1. The normalized spacial score (nSPS) is 10.2. The summed E-state index contributed by atoms with van der Waals surface area (Å²) in [4.78, 5) is 0. The topological polar surface area (TPSA) is 35.2 Å². The molecule has 0 bridgehead atoms. The molecular formula is C14H14FNO. The summed E-state index contributed by atoms with van der Waals surface area (Å²) >= 11 is 0. The van der Waals surface area contributed by atoms with Crippen LogP contribution in [0.15, 0.2) is 42.5 Å². The van der Waals surface area contributed by atoms with Crippen molar-refractivity contribution < 1.29 is 9.13 Å². The third-order valence-corrected chi connectivity index (χ3v) is 2.50. The number of nitrogens with two attached hydrogens (primary N) is 1. The van der Waals surface area contributed by atoms with Crippen LogP contribution < -0.4 is 10.5 Å². The number of halogens is 1. The Morgan fingerprint density at radius 1 is 1.18 bits per heavy atom. The van der Waals surface area contributed by atoms with Gasteiger partial charge in [-0.1, -0.05) is 18.2 Å². The second-order valence-electron chi connectivity index (χ2n) is 3.94. The second-order valence-corrected chi connectivity index (χ2v) is 3.94. The molecule has 2 nitrogen and oxygen atoms in total. The van der Waals surface area contributed by atoms with Gasteiger partial charge in [0.15, 0.2) is 0 Å². The standard InChI is InChI=1S/C14H14FNO/c1-10-5-6-12(15)8-14(10)17-9-11-3-2-4-13(16)7-11/h2-8H,9,16H2,1H3. The average molecular weight is 231 g/mol. The SMILES string of the molecule is Cc1ccc(F)cc1OCc1cccc(N)c1. The van der Waals surface area contributed by atoms with Gasteiger partial charge in [0.05, 0.1) is 0 Å². The molecule has 0 saturated heterocycles. The Balaban J connectivity index is 2.09. The maximum absolute atomic E-state index is 13.0. The van der Waals surface area contributed by atoms with E-state index in [4.69, 9.17) is 10.5 Å². The first kappa shape index (κ1) is 11.5. The maximum Gasteiger partial charge on any atom is 0.126 e. The summed E-state index contributed by atoms with van der Waals surface area (Å²) < 4.78 is 18.6. The van der Waals surface area contributed by atoms with Crippen molar-refractivity contribution in [1.29, 1.82) is 0 Å². The third kappa shape index (κ3) is 2.97. The molecule has 2 rings (SSSR count). The van der Waals surface area contributed by atoms with E-state index < -0.39 is 0 Å². The lowest BCUT2D eigenvalue weighted by molar-refractivity contribution is 0.302. The summed E-state index contributed by atoms with van der Waals surface area (Å²) in [6.45, 7) is 2.27. The first-order valence-electron chi connectivity index (χ1n) is 5.38. The number of hydrogen-bond donors (Lipinski definition) is 1. The van der Waals surface area contributed by atoms with Crippen LogP contribution in [0.1, 0.15) is 11.1 Å². The molecule has 17 heavy (non-hydrogen) atoms. The molecule has 2 aromatic carbocycles. The molecule has 88 valence electrons. The summed E-state index contributed by atoms with van der Waals surface area (Å²) in [5.41, 5.74) is 8.24. The maximum atomic E-state index is 13.0. The van der Waals surface area contributed by atoms with Crippen molar-refractivity contribution in [2.45, 2.75) is 13.5 Å². The predicted molar refractivity (Wildman–Crippen MR) is 66.3 cm³/mol. The quantitative estimate of drug-likeness (QED) is 0.822. The fourth-order valence-corrected chi connectivity index (χ4v) is 1.57. The minimum atomic E-state index is -0.293. The smallest absolute Gasteiger partial charge is 0.126 e. The summed E-state index contributed by atoms with van der Waals surface area (Å²) in [5.74, 6) is 0.269. The lowest BCUT2D eigenvalue weighted by Gasteiger charge is -2.09. The fraction of sp³-hybridized carbons (Fsp3) is 0.143. The van der Waals surface area contributed by atoms with Crippen molar-refractivity contribution in [1.82, 2.24) is 0 Å². The summed E-state index contributed by atoms with van der Waals surface area (Å²) in [5, 5.41) is 0. The van der Waals surface area contributed by atoms with Gasteiger partial charge in [-0.25, -0.2) is 4.39 Å². The molecule has 2 N–H and O–H groups in total. The zero-order chi connectivity index (χ0) is 12.3. The van der Waals surface area contributed by atoms with E-state index in [9.17, 15) is 4.39 Å². The zero-order valence-corrected chi connectivity index (χ0v) is 9.61. The molecule has 0 aliphatic rings. The van der Waals surface area contributed by atoms with E-state index in [1.54, 1.807) is 6.07 Å². The lowest BCUT2D eigenvalue weighted by atomic mass is 10.2. The largest absolute Gasteiger partial charge is 0.489 e. The Kier molecular flexibility index (Phi) is 3.28. The molecular weight excluding hydrogens is 217 g/mol. The van der Waals surface area contributed by atoms with E-state index in [0.717, 1.165) is 11.1 Å². The second kappa shape index (κ2) is 4.87. The van der Waals surface area contributed by atoms with E-state index in [1.807, 2.05) is 31.2 Å². The van der Waals surface area contributed by atoms with Crippen LogP contribution in [0.3, 0.4) is 0 Å². The molecule has 0 amide bonds. The zero-order valence-electron chi connectivity index (χ0n) is 9.61. The van der Waals surface area contributed by atoms with Gasteiger partial charge in [-0.05, 0) is 36.2 Å². The molecule has 0 aliphatic heterocycles. The number of hydrogen-bond acceptors (Lipinski definition) is 2. The van der Waals surface area contributed by atoms with Gasteiger partial charge >= 0.3 is 0 Å². The third-order valence-electron chi connectivity index (χ3n) is 2.50. The van der Waals surface area contributed by atoms with Crippen LogP contribution in [0.25, 0.3) is 0 Å². The van der Waals surface area contributed by atoms with Crippen molar-refractivity contribution >= 4 is 5.69 Å². The molecule has 0 radical (unpaired) electrons. The van der Waals surface area contributed by atoms with E-state index in [2.05, 4.69) is 0 Å². The van der Waals surface area contributed by atoms with Crippen LogP contribution in [0.2, 0.25) is 0 Å². The van der Waals surface area contributed by atoms with Crippen molar-refractivity contribution in [3.05, 3.63) is 59.4 Å². The van der Waals surface area contributed by atoms with Crippen molar-refractivity contribution in [3.63, 3.8) is 0 Å². The van der Waals surface area contributed by atoms with Crippen LogP contribution >= 0.6 is 0 Å². The van der Waals surface area contributed by atoms with Gasteiger partial charge in [0, 0.05) is 11.8 Å². The van der Waals surface area contributed by atoms with Gasteiger partial charge in [0.25, 0.3) is 0 Å². The molecule has 0 fully saturated rings. The fourth-order valence-electron chi connectivity index (χ4n) is 1.57. The minimum absolute atomic E-state index is 0.293. The van der Waals surface area contributed by atoms with Gasteiger partial charge in [0.2, 0.25) is 0 Å². The number of nitrogen functional groups attached to an aromatic ring is 1. The molecule has 0 heterocycles. The summed E-state index contributed by atoms with van der Waals surface area (Å²) in [6.07, 6.45) is 0. The van der Waals surface area contributed by atoms with E-state index in [1.165, 1.54) is 12.1 Å². The Bertz CT molecular complexity index is 525. The first-order chi connectivity index (χ1) is 8.15. The van der Waals surface area contributed by atoms with Gasteiger partial charge in [0.1, 0.15) is 18.2 Å². The Hall–Kier alpha value is -2.03. The van der Waals surface area contributed by atoms with Crippen molar-refractivity contribution in [2.75, 3.05) is 5.73 Å². The van der Waals surface area contributed by atoms with Crippen LogP contribution in [0.5, 0.6) is 5.75 Å². The Morgan fingerprint density at radius 3 is 2.76 bits per heavy atom. The highest BCUT2D eigenvalue weighted by Crippen LogP contribution is 2.20. The number of benzene rings is 2. The molecule has 3 heteroatoms. The van der Waals surface area contributed by atoms with Gasteiger partial charge in [-0.3, -0.25) is 0 Å². The highest BCUT2D eigenvalue weighted by molar-refractivity contribution is 5.40. The van der Waals surface area contributed by atoms with Gasteiger partial charge < -0.3 is 10.5 Å². The molecule has 0 spiro atoms. The van der Waals surface area contributed by atoms with Crippen molar-refractivity contribution in [3.8, 4) is 5.75 Å². The van der Waals surface area contributed by atoms with Crippen LogP contribution in [0.4, 0.5) is 10.1 Å². The lowest BCUT2D eigenvalue weighted by Crippen LogP contribution is -1.98. The highest BCUT2D eigenvalue weighted by atomic mass is 19.1. The molecule has 2 aromatic rings. The molecule has 0 aliphatic carbocycles. The highest BCUT2D eigenvalue weighted by Gasteiger charge is 2.02. The van der Waals surface area contributed by atoms with E-state index in [-0.39, 0.29) is 5.82 Å². The Labute approximate surface area is 99.8 Å². The monoisotopic (exact) mass is 231 g/mol. The number of ether oxygens (including phenoxy) is 1. The predicted octanol–water partition coefficient (Wildman–Crippen LogP) is 3.30. The van der Waals surface area contributed by atoms with E-state index >= 15 is 0 Å². The van der Waals surface area contributed by atoms with Crippen LogP contribution in [0, 0.1) is 12.7 Å². The summed E-state index contributed by atoms with van der Waals surface area (Å²) in [7, 11) is 0. The average Bonchev–Trinajstić information content (AvgIpc) is 2.30. The minimum Gasteiger partial charge on any atom is -0.489 e. The molecule has 0 saturated carbocycles. The first-order valence-corrected chi connectivity index (χ1v) is 5.38. The van der Waals surface area contributed by atoms with E-state index in [0.29, 0.717) is 18.0 Å². The summed E-state index contributed by atoms with van der Waals surface area (Å²) in [6, 6.07) is 12.0. The van der Waals surface area contributed by atoms with Gasteiger partial charge in [-0.2, -0.15) is 0 Å². The van der Waals surface area contributed by atoms with Crippen LogP contribution in [-0.2, 0) is 6.61 Å². The van der Waals surface area contributed by atoms with Crippen molar-refractivity contribution in [2.24, 2.45) is 0 Å². The molecule has 0 unspecified atom stereocenters. The van der Waals surface area contributed by atoms with Gasteiger partial charge in [-0.15, -0.1) is 0 Å². The number of rotatable bonds is 3. The number of aryl methyl sites for hydroxylation is 1. The Morgan fingerprint density at radius 2 is 2.00 bits per heavy atom.